The number of hydrogen-bond acceptors (Lipinski definition) is 4. The lowest BCUT2D eigenvalue weighted by Crippen LogP contribution is -2.29. The average molecular weight is 321 g/mol. The summed E-state index contributed by atoms with van der Waals surface area (Å²) < 4.78 is 0. The minimum Gasteiger partial charge on any atom is -0.504 e. The standard InChI is InChI=1S/C20H19NO3/c1-11(22)12-5-7-17-16(9-12)14-3-2-4-15(14)20(21-17)13-6-8-18(23)19(24)10-13/h2-3,5-10,14-15,20-21,23-24H,4H2,1H3. The average Bonchev–Trinajstić information content (AvgIpc) is 3.06. The third-order valence-electron chi connectivity index (χ3n) is 5.13. The number of ketones is 1. The molecule has 0 fully saturated rings. The van der Waals surface area contributed by atoms with E-state index in [2.05, 4.69) is 17.5 Å². The van der Waals surface area contributed by atoms with E-state index in [9.17, 15) is 15.0 Å². The van der Waals surface area contributed by atoms with E-state index < -0.39 is 0 Å². The molecule has 0 aromatic heterocycles. The summed E-state index contributed by atoms with van der Waals surface area (Å²) in [5, 5.41) is 22.9. The maximum Gasteiger partial charge on any atom is 0.159 e. The number of allylic oxidation sites excluding steroid dienone is 2. The van der Waals surface area contributed by atoms with Gasteiger partial charge in [0, 0.05) is 17.2 Å². The van der Waals surface area contributed by atoms with Gasteiger partial charge in [0.1, 0.15) is 0 Å². The lowest BCUT2D eigenvalue weighted by Gasteiger charge is -2.37. The number of phenolic OH excluding ortho intramolecular Hbond substituents is 2. The number of rotatable bonds is 2. The van der Waals surface area contributed by atoms with Gasteiger partial charge in [0.2, 0.25) is 0 Å². The zero-order valence-electron chi connectivity index (χ0n) is 13.4. The van der Waals surface area contributed by atoms with Crippen molar-refractivity contribution in [2.75, 3.05) is 5.32 Å². The molecule has 2 aromatic carbocycles. The summed E-state index contributed by atoms with van der Waals surface area (Å²) in [4.78, 5) is 11.7. The van der Waals surface area contributed by atoms with Gasteiger partial charge in [0.15, 0.2) is 17.3 Å². The van der Waals surface area contributed by atoms with Crippen LogP contribution in [-0.4, -0.2) is 16.0 Å². The van der Waals surface area contributed by atoms with Crippen molar-refractivity contribution in [2.45, 2.75) is 25.3 Å². The molecule has 1 heterocycles. The monoisotopic (exact) mass is 321 g/mol. The summed E-state index contributed by atoms with van der Waals surface area (Å²) in [6.45, 7) is 1.59. The number of anilines is 1. The van der Waals surface area contributed by atoms with Gasteiger partial charge < -0.3 is 15.5 Å². The fourth-order valence-electron chi connectivity index (χ4n) is 3.88. The molecule has 4 heteroatoms. The first-order valence-corrected chi connectivity index (χ1v) is 8.14. The molecule has 0 amide bonds. The van der Waals surface area contributed by atoms with Gasteiger partial charge >= 0.3 is 0 Å². The van der Waals surface area contributed by atoms with E-state index >= 15 is 0 Å². The molecule has 4 nitrogen and oxygen atoms in total. The number of Topliss-reactive ketones (excluding diaryl/α,β-unsaturated/α-hetero) is 1. The van der Waals surface area contributed by atoms with Crippen LogP contribution in [0.25, 0.3) is 0 Å². The topological polar surface area (TPSA) is 69.6 Å². The molecule has 4 rings (SSSR count). The number of hydrogen-bond donors (Lipinski definition) is 3. The maximum atomic E-state index is 11.7. The molecular weight excluding hydrogens is 302 g/mol. The molecule has 0 spiro atoms. The van der Waals surface area contributed by atoms with E-state index in [1.807, 2.05) is 24.3 Å². The predicted octanol–water partition coefficient (Wildman–Crippen LogP) is 4.13. The second-order valence-electron chi connectivity index (χ2n) is 6.58. The van der Waals surface area contributed by atoms with E-state index in [0.717, 1.165) is 28.8 Å². The van der Waals surface area contributed by atoms with Crippen LogP contribution in [-0.2, 0) is 0 Å². The van der Waals surface area contributed by atoms with Crippen LogP contribution < -0.4 is 5.32 Å². The molecule has 122 valence electrons. The number of carbonyl (C=O) groups is 1. The van der Waals surface area contributed by atoms with Crippen LogP contribution in [0.1, 0.15) is 46.8 Å². The lowest BCUT2D eigenvalue weighted by molar-refractivity contribution is 0.101. The fraction of sp³-hybridized carbons (Fsp3) is 0.250. The number of nitrogens with one attached hydrogen (secondary N) is 1. The highest BCUT2D eigenvalue weighted by molar-refractivity contribution is 5.95. The largest absolute Gasteiger partial charge is 0.504 e. The molecular formula is C20H19NO3. The molecule has 3 atom stereocenters. The second kappa shape index (κ2) is 5.41. The number of fused-ring (bicyclic) bond motifs is 3. The van der Waals surface area contributed by atoms with Crippen molar-refractivity contribution >= 4 is 11.5 Å². The molecule has 1 aliphatic heterocycles. The number of carbonyl (C=O) groups excluding carboxylic acids is 1. The van der Waals surface area contributed by atoms with Gasteiger partial charge in [-0.3, -0.25) is 4.79 Å². The van der Waals surface area contributed by atoms with Gasteiger partial charge in [-0.05, 0) is 60.7 Å². The summed E-state index contributed by atoms with van der Waals surface area (Å²) in [5.41, 5.74) is 3.85. The van der Waals surface area contributed by atoms with Crippen LogP contribution in [0.15, 0.2) is 48.6 Å². The van der Waals surface area contributed by atoms with Gasteiger partial charge in [-0.15, -0.1) is 0 Å². The Morgan fingerprint density at radius 2 is 1.96 bits per heavy atom. The van der Waals surface area contributed by atoms with Crippen LogP contribution >= 0.6 is 0 Å². The number of benzene rings is 2. The van der Waals surface area contributed by atoms with Crippen molar-refractivity contribution in [1.82, 2.24) is 0 Å². The Bertz CT molecular complexity index is 856. The van der Waals surface area contributed by atoms with E-state index in [1.54, 1.807) is 13.0 Å². The van der Waals surface area contributed by atoms with Crippen LogP contribution in [0.2, 0.25) is 0 Å². The maximum absolute atomic E-state index is 11.7. The molecule has 24 heavy (non-hydrogen) atoms. The zero-order chi connectivity index (χ0) is 16.8. The molecule has 1 aliphatic carbocycles. The summed E-state index contributed by atoms with van der Waals surface area (Å²) in [6.07, 6.45) is 5.33. The quantitative estimate of drug-likeness (QED) is 0.442. The van der Waals surface area contributed by atoms with Crippen molar-refractivity contribution in [1.29, 1.82) is 0 Å². The van der Waals surface area contributed by atoms with E-state index in [4.69, 9.17) is 0 Å². The van der Waals surface area contributed by atoms with Crippen molar-refractivity contribution in [3.05, 3.63) is 65.2 Å². The van der Waals surface area contributed by atoms with Gasteiger partial charge in [-0.2, -0.15) is 0 Å². The molecule has 0 saturated carbocycles. The number of phenols is 2. The van der Waals surface area contributed by atoms with Gasteiger partial charge in [-0.25, -0.2) is 0 Å². The third-order valence-corrected chi connectivity index (χ3v) is 5.13. The van der Waals surface area contributed by atoms with Crippen molar-refractivity contribution in [3.8, 4) is 11.5 Å². The Hall–Kier alpha value is -2.75. The molecule has 0 saturated heterocycles. The molecule has 3 N–H and O–H groups in total. The minimum atomic E-state index is -0.109. The van der Waals surface area contributed by atoms with Crippen LogP contribution in [0, 0.1) is 5.92 Å². The first-order valence-electron chi connectivity index (χ1n) is 8.14. The highest BCUT2D eigenvalue weighted by Crippen LogP contribution is 2.50. The van der Waals surface area contributed by atoms with Crippen molar-refractivity contribution in [2.24, 2.45) is 5.92 Å². The van der Waals surface area contributed by atoms with Crippen molar-refractivity contribution < 1.29 is 15.0 Å². The normalized spacial score (nSPS) is 24.1. The van der Waals surface area contributed by atoms with Crippen LogP contribution in [0.3, 0.4) is 0 Å². The van der Waals surface area contributed by atoms with Crippen LogP contribution in [0.5, 0.6) is 11.5 Å². The van der Waals surface area contributed by atoms with Gasteiger partial charge in [0.05, 0.1) is 6.04 Å². The molecule has 0 bridgehead atoms. The Kier molecular flexibility index (Phi) is 3.34. The molecule has 0 radical (unpaired) electrons. The van der Waals surface area contributed by atoms with Gasteiger partial charge in [-0.1, -0.05) is 18.2 Å². The predicted molar refractivity (Wildman–Crippen MR) is 92.6 cm³/mol. The van der Waals surface area contributed by atoms with Crippen LogP contribution in [0.4, 0.5) is 5.69 Å². The summed E-state index contributed by atoms with van der Waals surface area (Å²) in [5.74, 6) is 0.434. The van der Waals surface area contributed by atoms with E-state index in [0.29, 0.717) is 5.92 Å². The molecule has 3 unspecified atom stereocenters. The SMILES string of the molecule is CC(=O)c1ccc2c(c1)C1C=CCC1C(c1ccc(O)c(O)c1)N2. The fourth-order valence-corrected chi connectivity index (χ4v) is 3.88. The third kappa shape index (κ3) is 2.26. The summed E-state index contributed by atoms with van der Waals surface area (Å²) >= 11 is 0. The smallest absolute Gasteiger partial charge is 0.159 e. The van der Waals surface area contributed by atoms with Crippen molar-refractivity contribution in [3.63, 3.8) is 0 Å². The zero-order valence-corrected chi connectivity index (χ0v) is 13.4. The minimum absolute atomic E-state index is 0.0483. The highest BCUT2D eigenvalue weighted by Gasteiger charge is 2.38. The second-order valence-corrected chi connectivity index (χ2v) is 6.58. The molecule has 2 aliphatic rings. The molecule has 2 aromatic rings. The lowest BCUT2D eigenvalue weighted by atomic mass is 9.76. The summed E-state index contributed by atoms with van der Waals surface area (Å²) in [7, 11) is 0. The van der Waals surface area contributed by atoms with E-state index in [1.165, 1.54) is 6.07 Å². The first-order chi connectivity index (χ1) is 11.5. The summed E-state index contributed by atoms with van der Waals surface area (Å²) in [6, 6.07) is 10.8. The van der Waals surface area contributed by atoms with E-state index in [-0.39, 0.29) is 29.2 Å². The highest BCUT2D eigenvalue weighted by atomic mass is 16.3. The Morgan fingerprint density at radius 3 is 2.71 bits per heavy atom. The van der Waals surface area contributed by atoms with Gasteiger partial charge in [0.25, 0.3) is 0 Å². The Labute approximate surface area is 140 Å². The number of aromatic hydroxyl groups is 2. The first kappa shape index (κ1) is 14.8. The Morgan fingerprint density at radius 1 is 1.12 bits per heavy atom. The Balaban J connectivity index is 1.78.